The standard InChI is InChI=1S/C57H65ClN2O5/c58-52-33-21-20-32-51(52)57(44-26-14-10-15-27-44,45-36-34-43(35-37-45)42-24-12-8-6-4-2-1-3-5-7-9-13-25-42)65-54(61)40-53(55(62)60-38-22-11-23-39-60)59-56(63)64-41-50-48-30-18-16-28-46(48)47-29-17-19-31-49(47)50/h10,14-21,26-37,42,50,53H,1-9,11-13,22-25,38-41H2,(H,59,63)/t53-,57?/m0/s1. The molecule has 65 heavy (non-hydrogen) atoms. The fraction of sp³-hybridized carbons (Fsp3) is 0.421. The van der Waals surface area contributed by atoms with Crippen LogP contribution in [0, 0.1) is 0 Å². The van der Waals surface area contributed by atoms with Gasteiger partial charge in [0.1, 0.15) is 12.6 Å². The van der Waals surface area contributed by atoms with Crippen molar-refractivity contribution in [2.75, 3.05) is 19.7 Å². The van der Waals surface area contributed by atoms with E-state index in [1.165, 1.54) is 76.2 Å². The van der Waals surface area contributed by atoms with Crippen LogP contribution in [0.2, 0.25) is 5.02 Å². The molecule has 0 bridgehead atoms. The first-order valence-electron chi connectivity index (χ1n) is 24.5. The molecule has 0 radical (unpaired) electrons. The van der Waals surface area contributed by atoms with Crippen LogP contribution >= 0.6 is 11.6 Å². The lowest BCUT2D eigenvalue weighted by Gasteiger charge is -2.37. The minimum Gasteiger partial charge on any atom is -0.449 e. The molecule has 8 rings (SSSR count). The highest BCUT2D eigenvalue weighted by Gasteiger charge is 2.43. The summed E-state index contributed by atoms with van der Waals surface area (Å²) in [5.41, 5.74) is 6.31. The molecule has 0 aromatic heterocycles. The van der Waals surface area contributed by atoms with Crippen LogP contribution in [-0.4, -0.2) is 48.6 Å². The van der Waals surface area contributed by atoms with Crippen LogP contribution in [0.3, 0.4) is 0 Å². The van der Waals surface area contributed by atoms with Crippen molar-refractivity contribution in [2.24, 2.45) is 0 Å². The van der Waals surface area contributed by atoms with Crippen LogP contribution in [0.5, 0.6) is 0 Å². The van der Waals surface area contributed by atoms with Gasteiger partial charge in [-0.25, -0.2) is 4.79 Å². The summed E-state index contributed by atoms with van der Waals surface area (Å²) < 4.78 is 12.8. The number of esters is 1. The molecule has 340 valence electrons. The fourth-order valence-electron chi connectivity index (χ4n) is 10.6. The van der Waals surface area contributed by atoms with Crippen LogP contribution in [0.25, 0.3) is 11.1 Å². The molecule has 1 saturated heterocycles. The van der Waals surface area contributed by atoms with E-state index in [2.05, 4.69) is 53.8 Å². The second-order valence-electron chi connectivity index (χ2n) is 18.4. The molecule has 1 unspecified atom stereocenters. The van der Waals surface area contributed by atoms with Crippen molar-refractivity contribution in [3.8, 4) is 11.1 Å². The van der Waals surface area contributed by atoms with Gasteiger partial charge in [0.2, 0.25) is 5.91 Å². The third-order valence-electron chi connectivity index (χ3n) is 14.1. The summed E-state index contributed by atoms with van der Waals surface area (Å²) in [6.45, 7) is 1.19. The fourth-order valence-corrected chi connectivity index (χ4v) is 10.9. The van der Waals surface area contributed by atoms with E-state index in [0.29, 0.717) is 29.6 Å². The normalized spacial score (nSPS) is 18.0. The molecule has 2 atom stereocenters. The lowest BCUT2D eigenvalue weighted by molar-refractivity contribution is -0.156. The number of fused-ring (bicyclic) bond motifs is 3. The third-order valence-corrected chi connectivity index (χ3v) is 14.4. The van der Waals surface area contributed by atoms with E-state index in [-0.39, 0.29) is 18.4 Å². The van der Waals surface area contributed by atoms with Crippen molar-refractivity contribution in [3.63, 3.8) is 0 Å². The number of hydrogen-bond donors (Lipinski definition) is 1. The summed E-state index contributed by atoms with van der Waals surface area (Å²) >= 11 is 7.11. The maximum atomic E-state index is 14.8. The van der Waals surface area contributed by atoms with Gasteiger partial charge in [-0.15, -0.1) is 0 Å². The Labute approximate surface area is 391 Å². The maximum Gasteiger partial charge on any atom is 0.407 e. The molecular weight excluding hydrogens is 828 g/mol. The van der Waals surface area contributed by atoms with Crippen molar-refractivity contribution in [3.05, 3.63) is 166 Å². The van der Waals surface area contributed by atoms with Crippen LogP contribution in [0.4, 0.5) is 4.79 Å². The predicted molar refractivity (Wildman–Crippen MR) is 260 cm³/mol. The number of halogens is 1. The van der Waals surface area contributed by atoms with E-state index in [4.69, 9.17) is 21.1 Å². The molecule has 8 heteroatoms. The quantitative estimate of drug-likeness (QED) is 0.105. The molecule has 3 aliphatic rings. The minimum absolute atomic E-state index is 0.0788. The predicted octanol–water partition coefficient (Wildman–Crippen LogP) is 13.7. The van der Waals surface area contributed by atoms with E-state index in [1.807, 2.05) is 78.9 Å². The summed E-state index contributed by atoms with van der Waals surface area (Å²) in [7, 11) is 0. The van der Waals surface area contributed by atoms with Crippen LogP contribution < -0.4 is 5.32 Å². The Morgan fingerprint density at radius 1 is 0.600 bits per heavy atom. The van der Waals surface area contributed by atoms with Crippen molar-refractivity contribution in [1.82, 2.24) is 10.2 Å². The van der Waals surface area contributed by atoms with Gasteiger partial charge in [0.25, 0.3) is 0 Å². The Balaban J connectivity index is 1.07. The molecule has 2 fully saturated rings. The van der Waals surface area contributed by atoms with Gasteiger partial charge in [-0.3, -0.25) is 9.59 Å². The van der Waals surface area contributed by atoms with Gasteiger partial charge in [0.15, 0.2) is 5.60 Å². The number of ether oxygens (including phenoxy) is 2. The lowest BCUT2D eigenvalue weighted by Crippen LogP contribution is -2.51. The van der Waals surface area contributed by atoms with E-state index >= 15 is 0 Å². The Bertz CT molecular complexity index is 2280. The zero-order valence-electron chi connectivity index (χ0n) is 37.9. The Kier molecular flexibility index (Phi) is 16.1. The first-order chi connectivity index (χ1) is 31.9. The number of hydrogen-bond acceptors (Lipinski definition) is 5. The number of alkyl carbamates (subject to hydrolysis) is 1. The monoisotopic (exact) mass is 892 g/mol. The van der Waals surface area contributed by atoms with Gasteiger partial charge in [-0.05, 0) is 71.9 Å². The molecule has 7 nitrogen and oxygen atoms in total. The average Bonchev–Trinajstić information content (AvgIpc) is 3.67. The minimum atomic E-state index is -1.47. The van der Waals surface area contributed by atoms with E-state index in [9.17, 15) is 14.4 Å². The van der Waals surface area contributed by atoms with Crippen LogP contribution in [0.15, 0.2) is 127 Å². The zero-order chi connectivity index (χ0) is 44.9. The second kappa shape index (κ2) is 22.7. The molecule has 1 aliphatic heterocycles. The van der Waals surface area contributed by atoms with Crippen molar-refractivity contribution >= 4 is 29.6 Å². The number of piperidine rings is 1. The summed E-state index contributed by atoms with van der Waals surface area (Å²) in [5.74, 6) is -0.692. The molecule has 0 spiro atoms. The highest BCUT2D eigenvalue weighted by Crippen LogP contribution is 2.46. The van der Waals surface area contributed by atoms with Gasteiger partial charge < -0.3 is 19.7 Å². The molecular formula is C57H65ClN2O5. The van der Waals surface area contributed by atoms with Gasteiger partial charge >= 0.3 is 12.1 Å². The first-order valence-corrected chi connectivity index (χ1v) is 24.8. The number of carbonyl (C=O) groups excluding carboxylic acids is 3. The lowest BCUT2D eigenvalue weighted by atomic mass is 9.78. The average molecular weight is 894 g/mol. The van der Waals surface area contributed by atoms with Gasteiger partial charge in [0.05, 0.1) is 6.42 Å². The van der Waals surface area contributed by atoms with Crippen molar-refractivity contribution < 1.29 is 23.9 Å². The molecule has 1 saturated carbocycles. The van der Waals surface area contributed by atoms with Gasteiger partial charge in [-0.2, -0.15) is 0 Å². The van der Waals surface area contributed by atoms with Crippen molar-refractivity contribution in [2.45, 2.75) is 133 Å². The largest absolute Gasteiger partial charge is 0.449 e. The third kappa shape index (κ3) is 11.2. The first kappa shape index (κ1) is 46.1. The second-order valence-corrected chi connectivity index (χ2v) is 18.8. The highest BCUT2D eigenvalue weighted by atomic mass is 35.5. The Hall–Kier alpha value is -5.40. The van der Waals surface area contributed by atoms with Crippen LogP contribution in [0.1, 0.15) is 154 Å². The summed E-state index contributed by atoms with van der Waals surface area (Å²) in [6.07, 6.45) is 18.2. The number of likely N-dealkylation sites (tertiary alicyclic amines) is 1. The van der Waals surface area contributed by atoms with E-state index < -0.39 is 30.1 Å². The molecule has 1 heterocycles. The maximum absolute atomic E-state index is 14.8. The molecule has 1 N–H and O–H groups in total. The number of benzene rings is 5. The number of amides is 2. The van der Waals surface area contributed by atoms with Crippen LogP contribution in [-0.2, 0) is 24.7 Å². The number of carbonyl (C=O) groups is 3. The highest BCUT2D eigenvalue weighted by molar-refractivity contribution is 6.31. The topological polar surface area (TPSA) is 84.9 Å². The van der Waals surface area contributed by atoms with Gasteiger partial charge in [0, 0.05) is 40.7 Å². The smallest absolute Gasteiger partial charge is 0.407 e. The summed E-state index contributed by atoms with van der Waals surface area (Å²) in [4.78, 5) is 44.8. The number of nitrogens with zero attached hydrogens (tertiary/aromatic N) is 1. The van der Waals surface area contributed by atoms with Crippen molar-refractivity contribution in [1.29, 1.82) is 0 Å². The Morgan fingerprint density at radius 2 is 1.11 bits per heavy atom. The number of rotatable bonds is 11. The summed E-state index contributed by atoms with van der Waals surface area (Å²) in [5, 5.41) is 3.27. The zero-order valence-corrected chi connectivity index (χ0v) is 38.6. The summed E-state index contributed by atoms with van der Waals surface area (Å²) in [6, 6.07) is 40.9. The molecule has 2 amide bonds. The Morgan fingerprint density at radius 3 is 1.71 bits per heavy atom. The molecule has 5 aromatic carbocycles. The SMILES string of the molecule is O=C(C[C@H](NC(=O)OCC1c2ccccc2-c2ccccc21)C(=O)N1CCCCC1)OC(c1ccccc1)(c1ccc(C2CCCCCCCCCCCCC2)cc1)c1ccccc1Cl. The van der Waals surface area contributed by atoms with E-state index in [0.717, 1.165) is 65.5 Å². The molecule has 2 aliphatic carbocycles. The van der Waals surface area contributed by atoms with E-state index in [1.54, 1.807) is 4.90 Å². The number of nitrogens with one attached hydrogen (secondary N) is 1. The molecule has 5 aromatic rings. The van der Waals surface area contributed by atoms with Gasteiger partial charge in [-0.1, -0.05) is 204 Å².